The number of nitrogens with one attached hydrogen (secondary N) is 1. The maximum absolute atomic E-state index is 10.5. The highest BCUT2D eigenvalue weighted by Gasteiger charge is 2.09. The van der Waals surface area contributed by atoms with Gasteiger partial charge in [-0.3, -0.25) is 14.8 Å². The molecule has 2 aromatic heterocycles. The summed E-state index contributed by atoms with van der Waals surface area (Å²) >= 11 is 0. The van der Waals surface area contributed by atoms with Crippen LogP contribution in [0.5, 0.6) is 0 Å². The molecule has 0 bridgehead atoms. The molecular weight excluding hydrogens is 224 g/mol. The molecule has 1 amide bonds. The van der Waals surface area contributed by atoms with Crippen LogP contribution in [0, 0.1) is 0 Å². The molecule has 0 aliphatic carbocycles. The summed E-state index contributed by atoms with van der Waals surface area (Å²) in [6, 6.07) is 0. The second-order valence-electron chi connectivity index (χ2n) is 3.48. The number of carbonyl (C=O) groups excluding carboxylic acids is 1. The maximum atomic E-state index is 10.5. The highest BCUT2D eigenvalue weighted by atomic mass is 16.5. The smallest absolute Gasteiger partial charge is 0.240 e. The summed E-state index contributed by atoms with van der Waals surface area (Å²) in [6.45, 7) is 0.376. The Morgan fingerprint density at radius 3 is 3.12 bits per heavy atom. The molecule has 2 rings (SSSR count). The first-order valence-electron chi connectivity index (χ1n) is 4.96. The number of carbonyl (C=O) groups is 1. The van der Waals surface area contributed by atoms with Crippen molar-refractivity contribution in [1.82, 2.24) is 25.2 Å². The molecule has 90 valence electrons. The molecule has 0 atom stereocenters. The van der Waals surface area contributed by atoms with Crippen molar-refractivity contribution in [3.8, 4) is 11.4 Å². The summed E-state index contributed by atoms with van der Waals surface area (Å²) in [5.74, 6) is 0.427. The minimum atomic E-state index is -0.433. The number of amides is 1. The van der Waals surface area contributed by atoms with Crippen LogP contribution in [0.1, 0.15) is 5.89 Å². The predicted molar refractivity (Wildman–Crippen MR) is 57.4 cm³/mol. The Hall–Kier alpha value is -2.22. The van der Waals surface area contributed by atoms with E-state index in [1.807, 2.05) is 0 Å². The van der Waals surface area contributed by atoms with Gasteiger partial charge in [0.05, 0.1) is 24.8 Å². The molecule has 0 aromatic carbocycles. The minimum absolute atomic E-state index is 0.0740. The largest absolute Gasteiger partial charge is 0.369 e. The lowest BCUT2D eigenvalue weighted by atomic mass is 10.3. The monoisotopic (exact) mass is 236 g/mol. The number of aromatic nitrogens is 4. The number of hydrogen-bond acceptors (Lipinski definition) is 6. The van der Waals surface area contributed by atoms with Gasteiger partial charge in [0.25, 0.3) is 0 Å². The van der Waals surface area contributed by atoms with Gasteiger partial charge in [-0.1, -0.05) is 5.16 Å². The van der Waals surface area contributed by atoms with Crippen molar-refractivity contribution in [2.45, 2.75) is 6.54 Å². The summed E-state index contributed by atoms with van der Waals surface area (Å²) < 4.78 is 6.65. The van der Waals surface area contributed by atoms with Crippen LogP contribution in [-0.4, -0.2) is 32.4 Å². The first-order chi connectivity index (χ1) is 8.15. The van der Waals surface area contributed by atoms with Crippen molar-refractivity contribution < 1.29 is 9.32 Å². The molecule has 2 aromatic rings. The molecule has 17 heavy (non-hydrogen) atoms. The fourth-order valence-corrected chi connectivity index (χ4v) is 1.27. The Balaban J connectivity index is 1.98. The lowest BCUT2D eigenvalue weighted by Crippen LogP contribution is -2.28. The second-order valence-corrected chi connectivity index (χ2v) is 3.48. The van der Waals surface area contributed by atoms with Gasteiger partial charge in [-0.25, -0.2) is 0 Å². The molecule has 8 heteroatoms. The molecule has 0 aliphatic rings. The van der Waals surface area contributed by atoms with Crippen LogP contribution in [0.15, 0.2) is 16.9 Å². The van der Waals surface area contributed by atoms with E-state index in [0.717, 1.165) is 5.56 Å². The van der Waals surface area contributed by atoms with Gasteiger partial charge in [0, 0.05) is 13.2 Å². The van der Waals surface area contributed by atoms with Crippen molar-refractivity contribution in [2.24, 2.45) is 12.8 Å². The van der Waals surface area contributed by atoms with Crippen LogP contribution in [0.25, 0.3) is 11.4 Å². The zero-order valence-electron chi connectivity index (χ0n) is 9.25. The molecule has 2 heterocycles. The van der Waals surface area contributed by atoms with Gasteiger partial charge in [-0.2, -0.15) is 10.1 Å². The quantitative estimate of drug-likeness (QED) is 0.691. The van der Waals surface area contributed by atoms with Gasteiger partial charge in [0.15, 0.2) is 0 Å². The lowest BCUT2D eigenvalue weighted by Gasteiger charge is -1.95. The summed E-state index contributed by atoms with van der Waals surface area (Å²) in [7, 11) is 1.80. The normalized spacial score (nSPS) is 10.6. The van der Waals surface area contributed by atoms with Gasteiger partial charge in [0.2, 0.25) is 17.6 Å². The molecular formula is C9H12N6O2. The third-order valence-corrected chi connectivity index (χ3v) is 2.01. The highest BCUT2D eigenvalue weighted by Crippen LogP contribution is 2.13. The molecule has 0 unspecified atom stereocenters. The third kappa shape index (κ3) is 2.88. The van der Waals surface area contributed by atoms with Gasteiger partial charge in [-0.05, 0) is 0 Å². The Labute approximate surface area is 96.8 Å². The number of primary amides is 1. The molecule has 0 radical (unpaired) electrons. The minimum Gasteiger partial charge on any atom is -0.369 e. The second kappa shape index (κ2) is 4.74. The molecule has 0 fully saturated rings. The zero-order chi connectivity index (χ0) is 12.3. The number of hydrogen-bond donors (Lipinski definition) is 2. The summed E-state index contributed by atoms with van der Waals surface area (Å²) in [5.41, 5.74) is 5.75. The highest BCUT2D eigenvalue weighted by molar-refractivity contribution is 5.75. The fourth-order valence-electron chi connectivity index (χ4n) is 1.27. The topological polar surface area (TPSA) is 112 Å². The van der Waals surface area contributed by atoms with Crippen LogP contribution in [0.3, 0.4) is 0 Å². The van der Waals surface area contributed by atoms with E-state index in [0.29, 0.717) is 18.3 Å². The van der Waals surface area contributed by atoms with E-state index in [1.54, 1.807) is 24.1 Å². The summed E-state index contributed by atoms with van der Waals surface area (Å²) in [5, 5.41) is 10.6. The first-order valence-corrected chi connectivity index (χ1v) is 4.96. The van der Waals surface area contributed by atoms with Crippen molar-refractivity contribution >= 4 is 5.91 Å². The van der Waals surface area contributed by atoms with Crippen LogP contribution in [0.2, 0.25) is 0 Å². The zero-order valence-corrected chi connectivity index (χ0v) is 9.25. The number of nitrogens with zero attached hydrogens (tertiary/aromatic N) is 4. The van der Waals surface area contributed by atoms with Crippen molar-refractivity contribution in [1.29, 1.82) is 0 Å². The Kier molecular flexibility index (Phi) is 3.15. The van der Waals surface area contributed by atoms with E-state index in [-0.39, 0.29) is 6.54 Å². The number of nitrogens with two attached hydrogens (primary N) is 1. The first kappa shape index (κ1) is 11.3. The molecule has 3 N–H and O–H groups in total. The maximum Gasteiger partial charge on any atom is 0.240 e. The Morgan fingerprint density at radius 2 is 2.47 bits per heavy atom. The van der Waals surface area contributed by atoms with E-state index in [2.05, 4.69) is 20.6 Å². The molecule has 0 saturated carbocycles. The van der Waals surface area contributed by atoms with E-state index in [9.17, 15) is 4.79 Å². The van der Waals surface area contributed by atoms with Gasteiger partial charge >= 0.3 is 0 Å². The number of aryl methyl sites for hydroxylation is 1. The average molecular weight is 236 g/mol. The molecule has 0 aliphatic heterocycles. The summed E-state index contributed by atoms with van der Waals surface area (Å²) in [4.78, 5) is 14.6. The van der Waals surface area contributed by atoms with Crippen LogP contribution < -0.4 is 11.1 Å². The summed E-state index contributed by atoms with van der Waals surface area (Å²) in [6.07, 6.45) is 3.43. The Morgan fingerprint density at radius 1 is 1.65 bits per heavy atom. The third-order valence-electron chi connectivity index (χ3n) is 2.01. The van der Waals surface area contributed by atoms with Gasteiger partial charge < -0.3 is 10.3 Å². The molecule has 0 saturated heterocycles. The number of rotatable bonds is 5. The molecule has 0 spiro atoms. The van der Waals surface area contributed by atoms with Gasteiger partial charge in [0.1, 0.15) is 0 Å². The Bertz CT molecular complexity index is 517. The van der Waals surface area contributed by atoms with Crippen LogP contribution in [0.4, 0.5) is 0 Å². The van der Waals surface area contributed by atoms with Gasteiger partial charge in [-0.15, -0.1) is 0 Å². The molecule has 8 nitrogen and oxygen atoms in total. The average Bonchev–Trinajstić information content (AvgIpc) is 2.86. The van der Waals surface area contributed by atoms with E-state index < -0.39 is 5.91 Å². The van der Waals surface area contributed by atoms with Crippen LogP contribution >= 0.6 is 0 Å². The lowest BCUT2D eigenvalue weighted by molar-refractivity contribution is -0.117. The van der Waals surface area contributed by atoms with Crippen LogP contribution in [-0.2, 0) is 18.4 Å². The van der Waals surface area contributed by atoms with Crippen molar-refractivity contribution in [2.75, 3.05) is 6.54 Å². The van der Waals surface area contributed by atoms with Crippen molar-refractivity contribution in [3.05, 3.63) is 18.3 Å². The fraction of sp³-hybridized carbons (Fsp3) is 0.333. The standard InChI is InChI=1S/C9H12N6O2/c1-15-5-6(2-12-15)9-13-8(17-14-9)4-11-3-7(10)16/h2,5,11H,3-4H2,1H3,(H2,10,16). The van der Waals surface area contributed by atoms with Crippen molar-refractivity contribution in [3.63, 3.8) is 0 Å². The van der Waals surface area contributed by atoms with E-state index in [4.69, 9.17) is 10.3 Å². The van der Waals surface area contributed by atoms with E-state index in [1.165, 1.54) is 0 Å². The van der Waals surface area contributed by atoms with E-state index >= 15 is 0 Å². The predicted octanol–water partition coefficient (Wildman–Crippen LogP) is -0.955. The SMILES string of the molecule is Cn1cc(-c2noc(CNCC(N)=O)n2)cn1.